The van der Waals surface area contributed by atoms with Crippen LogP contribution in [0.25, 0.3) is 0 Å². The van der Waals surface area contributed by atoms with E-state index in [0.29, 0.717) is 24.2 Å². The Kier molecular flexibility index (Phi) is 5.66. The molecule has 0 bridgehead atoms. The Balaban J connectivity index is 2.00. The monoisotopic (exact) mass is 303 g/mol. The van der Waals surface area contributed by atoms with Gasteiger partial charge in [-0.05, 0) is 25.2 Å². The second-order valence-corrected chi connectivity index (χ2v) is 6.52. The number of pyridine rings is 1. The van der Waals surface area contributed by atoms with Crippen LogP contribution in [0.1, 0.15) is 41.6 Å². The number of nitrogens with two attached hydrogens (primary N) is 1. The van der Waals surface area contributed by atoms with Crippen molar-refractivity contribution in [3.63, 3.8) is 0 Å². The van der Waals surface area contributed by atoms with E-state index < -0.39 is 0 Å². The van der Waals surface area contributed by atoms with Crippen LogP contribution in [0.3, 0.4) is 0 Å². The number of nitrogens with zero attached hydrogens (tertiary/aromatic N) is 1. The van der Waals surface area contributed by atoms with Crippen molar-refractivity contribution in [3.05, 3.63) is 29.6 Å². The summed E-state index contributed by atoms with van der Waals surface area (Å²) in [5.74, 6) is 5.58. The second-order valence-electron chi connectivity index (χ2n) is 5.25. The van der Waals surface area contributed by atoms with Gasteiger partial charge in [-0.25, -0.2) is 0 Å². The fourth-order valence-electron chi connectivity index (χ4n) is 2.60. The lowest BCUT2D eigenvalue weighted by Gasteiger charge is -2.26. The van der Waals surface area contributed by atoms with Gasteiger partial charge in [-0.15, -0.1) is 0 Å². The van der Waals surface area contributed by atoms with Gasteiger partial charge in [0.25, 0.3) is 5.91 Å². The molecule has 0 saturated heterocycles. The number of hydrogen-bond acceptors (Lipinski definition) is 4. The number of aromatic nitrogens is 1. The van der Waals surface area contributed by atoms with E-state index in [2.05, 4.69) is 28.4 Å². The number of thioether (sulfide) groups is 1. The van der Waals surface area contributed by atoms with Crippen LogP contribution in [0.2, 0.25) is 0 Å². The van der Waals surface area contributed by atoms with Crippen LogP contribution in [0.15, 0.2) is 18.5 Å². The van der Waals surface area contributed by atoms with Gasteiger partial charge in [-0.1, -0.05) is 24.7 Å². The molecule has 0 spiro atoms. The van der Waals surface area contributed by atoms with E-state index in [-0.39, 0.29) is 10.7 Å². The molecule has 1 saturated carbocycles. The normalized spacial score (nSPS) is 16.1. The van der Waals surface area contributed by atoms with Crippen molar-refractivity contribution < 1.29 is 4.79 Å². The summed E-state index contributed by atoms with van der Waals surface area (Å²) in [6.45, 7) is 1.01. The maximum Gasteiger partial charge on any atom is 0.252 e. The second kappa shape index (κ2) is 7.48. The van der Waals surface area contributed by atoms with Crippen molar-refractivity contribution in [2.75, 3.05) is 19.3 Å². The van der Waals surface area contributed by atoms with Gasteiger partial charge in [0.15, 0.2) is 0 Å². The standard InChI is InChI=1S/C16H21N3OS/c1-21-16(6-2-3-7-16)12-19-15(20)14-9-13(5-4-8-17)10-18-11-14/h9-11H,2-3,6-8,12,17H2,1H3,(H,19,20). The Labute approximate surface area is 130 Å². The van der Waals surface area contributed by atoms with Gasteiger partial charge < -0.3 is 11.1 Å². The number of nitrogens with one attached hydrogen (secondary N) is 1. The van der Waals surface area contributed by atoms with Crippen molar-refractivity contribution >= 4 is 17.7 Å². The summed E-state index contributed by atoms with van der Waals surface area (Å²) in [6.07, 6.45) is 10.2. The summed E-state index contributed by atoms with van der Waals surface area (Å²) in [5, 5.41) is 3.04. The highest BCUT2D eigenvalue weighted by molar-refractivity contribution is 8.00. The largest absolute Gasteiger partial charge is 0.351 e. The van der Waals surface area contributed by atoms with E-state index in [1.807, 2.05) is 11.8 Å². The van der Waals surface area contributed by atoms with E-state index in [1.54, 1.807) is 18.5 Å². The average molecular weight is 303 g/mol. The molecular formula is C16H21N3OS. The Morgan fingerprint density at radius 2 is 2.24 bits per heavy atom. The highest BCUT2D eigenvalue weighted by Crippen LogP contribution is 2.39. The number of amides is 1. The molecule has 1 amide bonds. The van der Waals surface area contributed by atoms with Crippen molar-refractivity contribution in [2.45, 2.75) is 30.4 Å². The van der Waals surface area contributed by atoms with Gasteiger partial charge in [-0.2, -0.15) is 11.8 Å². The number of carbonyl (C=O) groups excluding carboxylic acids is 1. The van der Waals surface area contributed by atoms with Gasteiger partial charge in [-0.3, -0.25) is 9.78 Å². The van der Waals surface area contributed by atoms with E-state index in [9.17, 15) is 4.79 Å². The molecule has 5 heteroatoms. The van der Waals surface area contributed by atoms with E-state index >= 15 is 0 Å². The Bertz CT molecular complexity index is 556. The molecule has 0 aromatic carbocycles. The minimum Gasteiger partial charge on any atom is -0.351 e. The summed E-state index contributed by atoms with van der Waals surface area (Å²) in [5.41, 5.74) is 6.61. The summed E-state index contributed by atoms with van der Waals surface area (Å²) in [4.78, 5) is 16.3. The van der Waals surface area contributed by atoms with E-state index in [1.165, 1.54) is 25.7 Å². The van der Waals surface area contributed by atoms with Gasteiger partial charge >= 0.3 is 0 Å². The third kappa shape index (κ3) is 4.23. The first-order valence-corrected chi connectivity index (χ1v) is 8.39. The summed E-state index contributed by atoms with van der Waals surface area (Å²) >= 11 is 1.86. The molecule has 3 N–H and O–H groups in total. The lowest BCUT2D eigenvalue weighted by Crippen LogP contribution is -2.38. The zero-order valence-electron chi connectivity index (χ0n) is 12.3. The zero-order chi connectivity index (χ0) is 15.1. The highest BCUT2D eigenvalue weighted by Gasteiger charge is 2.33. The predicted octanol–water partition coefficient (Wildman–Crippen LogP) is 1.80. The lowest BCUT2D eigenvalue weighted by atomic mass is 10.1. The molecule has 2 rings (SSSR count). The SMILES string of the molecule is CSC1(CNC(=O)c2cncc(C#CCN)c2)CCCC1. The lowest BCUT2D eigenvalue weighted by molar-refractivity contribution is 0.0949. The van der Waals surface area contributed by atoms with Crippen molar-refractivity contribution in [1.29, 1.82) is 0 Å². The summed E-state index contributed by atoms with van der Waals surface area (Å²) < 4.78 is 0.208. The molecule has 1 aliphatic rings. The van der Waals surface area contributed by atoms with Crippen molar-refractivity contribution in [1.82, 2.24) is 10.3 Å². The highest BCUT2D eigenvalue weighted by atomic mass is 32.2. The average Bonchev–Trinajstić information content (AvgIpc) is 3.00. The van der Waals surface area contributed by atoms with Gasteiger partial charge in [0.1, 0.15) is 0 Å². The van der Waals surface area contributed by atoms with Crippen LogP contribution in [-0.4, -0.2) is 35.0 Å². The number of rotatable bonds is 4. The molecule has 0 unspecified atom stereocenters. The Morgan fingerprint density at radius 1 is 1.48 bits per heavy atom. The molecule has 1 aliphatic carbocycles. The number of hydrogen-bond donors (Lipinski definition) is 2. The molecule has 112 valence electrons. The van der Waals surface area contributed by atoms with Crippen LogP contribution in [-0.2, 0) is 0 Å². The zero-order valence-corrected chi connectivity index (χ0v) is 13.1. The van der Waals surface area contributed by atoms with Gasteiger partial charge in [0, 0.05) is 29.2 Å². The number of carbonyl (C=O) groups is 1. The molecule has 1 fully saturated rings. The molecule has 21 heavy (non-hydrogen) atoms. The quantitative estimate of drug-likeness (QED) is 0.832. The Hall–Kier alpha value is -1.51. The first kappa shape index (κ1) is 15.9. The maximum absolute atomic E-state index is 12.3. The Morgan fingerprint density at radius 3 is 2.90 bits per heavy atom. The maximum atomic E-state index is 12.3. The summed E-state index contributed by atoms with van der Waals surface area (Å²) in [7, 11) is 0. The topological polar surface area (TPSA) is 68.0 Å². The van der Waals surface area contributed by atoms with E-state index in [0.717, 1.165) is 0 Å². The molecule has 4 nitrogen and oxygen atoms in total. The summed E-state index contributed by atoms with van der Waals surface area (Å²) in [6, 6.07) is 1.76. The van der Waals surface area contributed by atoms with E-state index in [4.69, 9.17) is 5.73 Å². The van der Waals surface area contributed by atoms with Crippen molar-refractivity contribution in [2.24, 2.45) is 5.73 Å². The minimum absolute atomic E-state index is 0.0841. The molecule has 1 aromatic heterocycles. The minimum atomic E-state index is -0.0841. The van der Waals surface area contributed by atoms with Crippen LogP contribution in [0.4, 0.5) is 0 Å². The first-order chi connectivity index (χ1) is 10.2. The molecule has 0 radical (unpaired) electrons. The van der Waals surface area contributed by atoms with Gasteiger partial charge in [0.2, 0.25) is 0 Å². The fraction of sp³-hybridized carbons (Fsp3) is 0.500. The predicted molar refractivity (Wildman–Crippen MR) is 87.2 cm³/mol. The fourth-order valence-corrected chi connectivity index (χ4v) is 3.51. The third-order valence-electron chi connectivity index (χ3n) is 3.85. The first-order valence-electron chi connectivity index (χ1n) is 7.16. The van der Waals surface area contributed by atoms with Crippen LogP contribution >= 0.6 is 11.8 Å². The van der Waals surface area contributed by atoms with Crippen LogP contribution in [0, 0.1) is 11.8 Å². The molecule has 1 aromatic rings. The van der Waals surface area contributed by atoms with Crippen molar-refractivity contribution in [3.8, 4) is 11.8 Å². The van der Waals surface area contributed by atoms with Crippen LogP contribution in [0.5, 0.6) is 0 Å². The molecular weight excluding hydrogens is 282 g/mol. The third-order valence-corrected chi connectivity index (χ3v) is 5.27. The molecule has 0 aliphatic heterocycles. The smallest absolute Gasteiger partial charge is 0.252 e. The van der Waals surface area contributed by atoms with Crippen LogP contribution < -0.4 is 11.1 Å². The van der Waals surface area contributed by atoms with Gasteiger partial charge in [0.05, 0.1) is 12.1 Å². The molecule has 1 heterocycles. The molecule has 0 atom stereocenters.